The lowest BCUT2D eigenvalue weighted by molar-refractivity contribution is -0.150. The number of carbonyl (C=O) groups excluding carboxylic acids is 3. The first kappa shape index (κ1) is 58.4. The van der Waals surface area contributed by atoms with Gasteiger partial charge < -0.3 is 14.2 Å². The Morgan fingerprint density at radius 1 is 0.613 bits per heavy atom. The van der Waals surface area contributed by atoms with Crippen LogP contribution in [-0.2, 0) is 28.6 Å². The van der Waals surface area contributed by atoms with Crippen molar-refractivity contribution in [2.75, 3.05) is 0 Å². The molecule has 2 unspecified atom stereocenters. The minimum Gasteiger partial charge on any atom is -0.456 e. The molecule has 9 heteroatoms. The molecule has 0 radical (unpaired) electrons. The molecule has 9 nitrogen and oxygen atoms in total. The van der Waals surface area contributed by atoms with E-state index in [0.717, 1.165) is 29.7 Å². The Morgan fingerprint density at radius 2 is 1.03 bits per heavy atom. The van der Waals surface area contributed by atoms with Crippen molar-refractivity contribution in [1.29, 1.82) is 0 Å². The number of benzene rings is 1. The first-order valence-corrected chi connectivity index (χ1v) is 22.3. The first-order valence-electron chi connectivity index (χ1n) is 22.3. The molecule has 2 atom stereocenters. The summed E-state index contributed by atoms with van der Waals surface area (Å²) in [4.78, 5) is 46.2. The largest absolute Gasteiger partial charge is 0.456 e. The molecule has 3 aromatic heterocycles. The van der Waals surface area contributed by atoms with Gasteiger partial charge in [0.15, 0.2) is 12.2 Å². The van der Waals surface area contributed by atoms with Crippen molar-refractivity contribution >= 4 is 17.9 Å². The molecule has 5 rings (SSSR count). The highest BCUT2D eigenvalue weighted by Crippen LogP contribution is 2.36. The number of esters is 3. The number of rotatable bonds is 11. The van der Waals surface area contributed by atoms with Gasteiger partial charge in [0, 0.05) is 45.3 Å². The Bertz CT molecular complexity index is 1700. The summed E-state index contributed by atoms with van der Waals surface area (Å²) in [6.45, 7) is 26.6. The SMILES string of the molecule is C=C(/C=C\C=C/C)C(OC(C)=O)c1ccccc1.CC.CC.CC(=O)OC(c1ccccn1)C1CCCCC1.CC(=O)OC(c1ccccn1)c1ccccn1.CCC.CCC. The summed E-state index contributed by atoms with van der Waals surface area (Å²) in [5, 5.41) is 0. The van der Waals surface area contributed by atoms with Gasteiger partial charge in [0.05, 0.1) is 17.1 Å². The molecule has 0 saturated heterocycles. The van der Waals surface area contributed by atoms with Crippen LogP contribution in [0.2, 0.25) is 0 Å². The van der Waals surface area contributed by atoms with Crippen LogP contribution in [0, 0.1) is 5.92 Å². The van der Waals surface area contributed by atoms with E-state index < -0.39 is 12.2 Å². The van der Waals surface area contributed by atoms with Gasteiger partial charge in [-0.1, -0.05) is 167 Å². The zero-order valence-electron chi connectivity index (χ0n) is 39.9. The Kier molecular flexibility index (Phi) is 37.1. The quantitative estimate of drug-likeness (QED) is 0.0825. The first-order chi connectivity index (χ1) is 30.0. The predicted octanol–water partition coefficient (Wildman–Crippen LogP) is 14.3. The smallest absolute Gasteiger partial charge is 0.303 e. The molecule has 3 heterocycles. The maximum atomic E-state index is 11.2. The average Bonchev–Trinajstić information content (AvgIpc) is 3.30. The standard InChI is InChI=1S/C16H18O2.C14H19NO2.C13H12N2O2.2C3H8.2C2H6/c1-4-5-7-10-13(2)16(18-14(3)17)15-11-8-6-9-12-15;1-11(16)17-14(12-7-3-2-4-8-12)13-9-5-6-10-15-13;1-10(16)17-13(11-6-2-4-8-14-11)12-7-3-5-9-15-12;2*1-3-2;2*1-2/h4-12,16H,2H2,1,3H3;5-6,9-10,12,14H,2-4,7-8H2,1H3;2-9,13H,1H3;2*3H2,1-2H3;2*1-2H3/b5-4-,10-7-;;;;;;. The Morgan fingerprint density at radius 3 is 1.42 bits per heavy atom. The lowest BCUT2D eigenvalue weighted by Gasteiger charge is -2.29. The molecule has 1 fully saturated rings. The van der Waals surface area contributed by atoms with Gasteiger partial charge in [-0.15, -0.1) is 0 Å². The Balaban J connectivity index is 0. The molecule has 4 aromatic rings. The second-order valence-corrected chi connectivity index (χ2v) is 13.5. The van der Waals surface area contributed by atoms with E-state index in [1.807, 2.05) is 144 Å². The van der Waals surface area contributed by atoms with E-state index in [0.29, 0.717) is 17.3 Å². The van der Waals surface area contributed by atoms with E-state index in [4.69, 9.17) is 14.2 Å². The Hall–Kier alpha value is -5.70. The normalized spacial score (nSPS) is 12.4. The highest BCUT2D eigenvalue weighted by Gasteiger charge is 2.28. The number of aromatic nitrogens is 3. The van der Waals surface area contributed by atoms with Crippen molar-refractivity contribution in [2.45, 2.75) is 146 Å². The molecule has 0 N–H and O–H groups in total. The van der Waals surface area contributed by atoms with E-state index in [9.17, 15) is 14.4 Å². The molecule has 1 aliphatic carbocycles. The van der Waals surface area contributed by atoms with Crippen LogP contribution in [-0.4, -0.2) is 32.9 Å². The summed E-state index contributed by atoms with van der Waals surface area (Å²) < 4.78 is 16.0. The van der Waals surface area contributed by atoms with Gasteiger partial charge in [0.1, 0.15) is 6.10 Å². The minimum atomic E-state index is -0.546. The monoisotopic (exact) mass is 852 g/mol. The van der Waals surface area contributed by atoms with Crippen molar-refractivity contribution in [2.24, 2.45) is 5.92 Å². The topological polar surface area (TPSA) is 118 Å². The van der Waals surface area contributed by atoms with Gasteiger partial charge in [-0.3, -0.25) is 29.3 Å². The molecule has 0 aliphatic heterocycles. The second-order valence-electron chi connectivity index (χ2n) is 13.5. The highest BCUT2D eigenvalue weighted by atomic mass is 16.6. The third kappa shape index (κ3) is 27.2. The van der Waals surface area contributed by atoms with Crippen LogP contribution >= 0.6 is 0 Å². The highest BCUT2D eigenvalue weighted by molar-refractivity contribution is 5.67. The van der Waals surface area contributed by atoms with Crippen molar-refractivity contribution in [3.05, 3.63) is 163 Å². The summed E-state index contributed by atoms with van der Waals surface area (Å²) in [5.41, 5.74) is 3.88. The molecule has 340 valence electrons. The van der Waals surface area contributed by atoms with Crippen LogP contribution in [0.25, 0.3) is 0 Å². The number of ether oxygens (including phenoxy) is 3. The van der Waals surface area contributed by atoms with Crippen LogP contribution in [0.4, 0.5) is 0 Å². The fourth-order valence-electron chi connectivity index (χ4n) is 5.59. The number of hydrogen-bond acceptors (Lipinski definition) is 9. The van der Waals surface area contributed by atoms with Crippen LogP contribution in [0.3, 0.4) is 0 Å². The molecule has 0 spiro atoms. The maximum absolute atomic E-state index is 11.2. The summed E-state index contributed by atoms with van der Waals surface area (Å²) in [7, 11) is 0. The van der Waals surface area contributed by atoms with Crippen molar-refractivity contribution in [3.8, 4) is 0 Å². The van der Waals surface area contributed by atoms with Gasteiger partial charge in [0.25, 0.3) is 0 Å². The van der Waals surface area contributed by atoms with Crippen molar-refractivity contribution in [1.82, 2.24) is 15.0 Å². The molecule has 1 saturated carbocycles. The lowest BCUT2D eigenvalue weighted by atomic mass is 9.84. The van der Waals surface area contributed by atoms with E-state index >= 15 is 0 Å². The predicted molar refractivity (Wildman–Crippen MR) is 256 cm³/mol. The maximum Gasteiger partial charge on any atom is 0.303 e. The number of hydrogen-bond donors (Lipinski definition) is 0. The molecular weight excluding hydrogens is 775 g/mol. The molecule has 1 aliphatic rings. The van der Waals surface area contributed by atoms with Gasteiger partial charge in [-0.05, 0) is 67.3 Å². The fraction of sp³-hybridized carbons (Fsp3) is 0.434. The van der Waals surface area contributed by atoms with Gasteiger partial charge in [0.2, 0.25) is 0 Å². The van der Waals surface area contributed by atoms with Crippen LogP contribution in [0.15, 0.2) is 140 Å². The number of nitrogens with zero attached hydrogens (tertiary/aromatic N) is 3. The van der Waals surface area contributed by atoms with Crippen molar-refractivity contribution < 1.29 is 28.6 Å². The van der Waals surface area contributed by atoms with E-state index in [1.165, 1.54) is 52.9 Å². The Labute approximate surface area is 375 Å². The molecule has 0 amide bonds. The lowest BCUT2D eigenvalue weighted by Crippen LogP contribution is -2.21. The number of allylic oxidation sites excluding steroid dienone is 3. The summed E-state index contributed by atoms with van der Waals surface area (Å²) in [6, 6.07) is 26.3. The third-order valence-electron chi connectivity index (χ3n) is 7.88. The van der Waals surface area contributed by atoms with Gasteiger partial charge in [-0.25, -0.2) is 0 Å². The van der Waals surface area contributed by atoms with E-state index in [1.54, 1.807) is 18.6 Å². The third-order valence-corrected chi connectivity index (χ3v) is 7.88. The summed E-state index contributed by atoms with van der Waals surface area (Å²) in [5.74, 6) is -0.454. The van der Waals surface area contributed by atoms with Crippen LogP contribution in [0.1, 0.15) is 169 Å². The minimum absolute atomic E-state index is 0.158. The van der Waals surface area contributed by atoms with Crippen LogP contribution in [0.5, 0.6) is 0 Å². The molecule has 1 aromatic carbocycles. The van der Waals surface area contributed by atoms with Gasteiger partial charge in [-0.2, -0.15) is 0 Å². The summed E-state index contributed by atoms with van der Waals surface area (Å²) >= 11 is 0. The number of pyridine rings is 3. The van der Waals surface area contributed by atoms with E-state index in [2.05, 4.69) is 49.2 Å². The van der Waals surface area contributed by atoms with Crippen LogP contribution < -0.4 is 0 Å². The summed E-state index contributed by atoms with van der Waals surface area (Å²) in [6.07, 6.45) is 20.0. The average molecular weight is 852 g/mol. The number of carbonyl (C=O) groups is 3. The molecule has 0 bridgehead atoms. The molecular formula is C53H77N3O6. The van der Waals surface area contributed by atoms with Gasteiger partial charge >= 0.3 is 17.9 Å². The zero-order chi connectivity index (χ0) is 47.0. The van der Waals surface area contributed by atoms with E-state index in [-0.39, 0.29) is 24.0 Å². The zero-order valence-corrected chi connectivity index (χ0v) is 39.9. The van der Waals surface area contributed by atoms with Crippen molar-refractivity contribution in [3.63, 3.8) is 0 Å². The second kappa shape index (κ2) is 39.4. The fourth-order valence-corrected chi connectivity index (χ4v) is 5.59. The molecule has 62 heavy (non-hydrogen) atoms.